The fourth-order valence-corrected chi connectivity index (χ4v) is 5.34. The van der Waals surface area contributed by atoms with Crippen molar-refractivity contribution in [1.82, 2.24) is 0 Å². The van der Waals surface area contributed by atoms with Crippen LogP contribution in [0.2, 0.25) is 0 Å². The zero-order valence-corrected chi connectivity index (χ0v) is 22.3. The molecule has 0 spiro atoms. The van der Waals surface area contributed by atoms with Crippen molar-refractivity contribution in [3.63, 3.8) is 0 Å². The summed E-state index contributed by atoms with van der Waals surface area (Å²) in [7, 11) is -6.23. The second-order valence-electron chi connectivity index (χ2n) is 8.42. The maximum absolute atomic E-state index is 12.7. The smallest absolute Gasteiger partial charge is 0.261 e. The van der Waals surface area contributed by atoms with E-state index >= 15 is 0 Å². The van der Waals surface area contributed by atoms with Gasteiger partial charge < -0.3 is 10.1 Å². The number of carbonyl (C=O) groups excluding carboxylic acids is 1. The maximum atomic E-state index is 12.7. The summed E-state index contributed by atoms with van der Waals surface area (Å²) in [4.78, 5) is 12.7. The minimum absolute atomic E-state index is 0.0148. The summed E-state index contributed by atoms with van der Waals surface area (Å²) in [6, 6.07) is 15.9. The van der Waals surface area contributed by atoms with Gasteiger partial charge >= 0.3 is 0 Å². The van der Waals surface area contributed by atoms with Gasteiger partial charge in [0.05, 0.1) is 23.9 Å². The summed E-state index contributed by atoms with van der Waals surface area (Å²) in [5, 5.41) is 2.61. The molecule has 36 heavy (non-hydrogen) atoms. The highest BCUT2D eigenvalue weighted by atomic mass is 32.2. The number of aryl methyl sites for hydroxylation is 3. The molecule has 3 aromatic carbocycles. The van der Waals surface area contributed by atoms with Crippen molar-refractivity contribution in [1.29, 1.82) is 0 Å². The average Bonchev–Trinajstić information content (AvgIpc) is 2.79. The van der Waals surface area contributed by atoms with E-state index in [0.29, 0.717) is 17.1 Å². The lowest BCUT2D eigenvalue weighted by atomic mass is 10.1. The number of methoxy groups -OCH3 is 1. The number of amides is 1. The molecule has 0 radical (unpaired) electrons. The summed E-state index contributed by atoms with van der Waals surface area (Å²) < 4.78 is 59.2. The minimum Gasteiger partial charge on any atom is -0.495 e. The lowest BCUT2D eigenvalue weighted by Crippen LogP contribution is -2.37. The number of nitrogens with one attached hydrogen (secondary N) is 2. The largest absolute Gasteiger partial charge is 0.495 e. The van der Waals surface area contributed by atoms with Gasteiger partial charge in [-0.2, -0.15) is 0 Å². The Morgan fingerprint density at radius 3 is 2.08 bits per heavy atom. The van der Waals surface area contributed by atoms with Crippen molar-refractivity contribution < 1.29 is 26.4 Å². The van der Waals surface area contributed by atoms with Crippen LogP contribution in [-0.2, 0) is 24.8 Å². The molecule has 0 aliphatic carbocycles. The van der Waals surface area contributed by atoms with Crippen LogP contribution in [0.25, 0.3) is 0 Å². The van der Waals surface area contributed by atoms with Crippen LogP contribution in [0, 0.1) is 20.8 Å². The maximum Gasteiger partial charge on any atom is 0.261 e. The summed E-state index contributed by atoms with van der Waals surface area (Å²) in [6.45, 7) is 5.14. The molecule has 9 nitrogen and oxygen atoms in total. The van der Waals surface area contributed by atoms with E-state index in [2.05, 4.69) is 10.0 Å². The Bertz CT molecular complexity index is 1480. The SMILES string of the molecule is COc1ccc(C)cc1N(CC(=O)Nc1ccc(S(=O)(=O)Nc2ccc(C)c(C)c2)cc1)S(C)(=O)=O. The van der Waals surface area contributed by atoms with E-state index in [1.165, 1.54) is 31.4 Å². The molecule has 192 valence electrons. The van der Waals surface area contributed by atoms with Crippen LogP contribution in [-0.4, -0.2) is 42.7 Å². The van der Waals surface area contributed by atoms with Crippen molar-refractivity contribution in [3.05, 3.63) is 77.4 Å². The first kappa shape index (κ1) is 27.0. The number of ether oxygens (including phenoxy) is 1. The number of sulfonamides is 2. The predicted molar refractivity (Wildman–Crippen MR) is 142 cm³/mol. The topological polar surface area (TPSA) is 122 Å². The summed E-state index contributed by atoms with van der Waals surface area (Å²) in [5.41, 5.74) is 3.81. The monoisotopic (exact) mass is 531 g/mol. The van der Waals surface area contributed by atoms with Gasteiger partial charge in [-0.3, -0.25) is 13.8 Å². The van der Waals surface area contributed by atoms with Crippen molar-refractivity contribution in [2.45, 2.75) is 25.7 Å². The van der Waals surface area contributed by atoms with Crippen LogP contribution < -0.4 is 19.1 Å². The lowest BCUT2D eigenvalue weighted by Gasteiger charge is -2.24. The molecule has 0 atom stereocenters. The van der Waals surface area contributed by atoms with Crippen LogP contribution in [0.15, 0.2) is 65.6 Å². The Kier molecular flexibility index (Phi) is 7.95. The molecule has 3 aromatic rings. The molecule has 0 fully saturated rings. The van der Waals surface area contributed by atoms with E-state index < -0.39 is 32.5 Å². The Morgan fingerprint density at radius 2 is 1.50 bits per heavy atom. The molecule has 1 amide bonds. The first-order valence-corrected chi connectivity index (χ1v) is 14.3. The van der Waals surface area contributed by atoms with Crippen molar-refractivity contribution in [3.8, 4) is 5.75 Å². The Hall–Kier alpha value is -3.57. The van der Waals surface area contributed by atoms with E-state index in [9.17, 15) is 21.6 Å². The molecule has 2 N–H and O–H groups in total. The van der Waals surface area contributed by atoms with Crippen LogP contribution >= 0.6 is 0 Å². The molecule has 3 rings (SSSR count). The van der Waals surface area contributed by atoms with Crippen molar-refractivity contribution >= 4 is 43.0 Å². The highest BCUT2D eigenvalue weighted by Gasteiger charge is 2.24. The van der Waals surface area contributed by atoms with Crippen LogP contribution in [0.3, 0.4) is 0 Å². The third-order valence-corrected chi connectivity index (χ3v) is 8.02. The second-order valence-corrected chi connectivity index (χ2v) is 12.0. The summed E-state index contributed by atoms with van der Waals surface area (Å²) in [6.07, 6.45) is 1.00. The number of carbonyl (C=O) groups is 1. The molecule has 0 aliphatic heterocycles. The van der Waals surface area contributed by atoms with Crippen molar-refractivity contribution in [2.24, 2.45) is 0 Å². The molecule has 0 bridgehead atoms. The fourth-order valence-electron chi connectivity index (χ4n) is 3.44. The Balaban J connectivity index is 1.75. The molecule has 0 aromatic heterocycles. The van der Waals surface area contributed by atoms with Gasteiger partial charge in [-0.1, -0.05) is 12.1 Å². The van der Waals surface area contributed by atoms with E-state index in [1.54, 1.807) is 37.3 Å². The highest BCUT2D eigenvalue weighted by Crippen LogP contribution is 2.31. The van der Waals surface area contributed by atoms with Gasteiger partial charge in [0.15, 0.2) is 0 Å². The number of nitrogens with zero attached hydrogens (tertiary/aromatic N) is 1. The number of benzene rings is 3. The molecule has 11 heteroatoms. The molecule has 0 saturated carbocycles. The standard InChI is InChI=1S/C25H29N3O6S2/c1-17-6-13-24(34-4)23(14-17)28(35(5,30)31)16-25(29)26-20-9-11-22(12-10-20)36(32,33)27-21-8-7-18(2)19(3)15-21/h6-15,27H,16H2,1-5H3,(H,26,29). The third kappa shape index (κ3) is 6.55. The Labute approximate surface area is 212 Å². The minimum atomic E-state index is -3.84. The van der Waals surface area contributed by atoms with Gasteiger partial charge in [-0.05, 0) is 86.0 Å². The van der Waals surface area contributed by atoms with Gasteiger partial charge in [0.2, 0.25) is 15.9 Å². The third-order valence-electron chi connectivity index (χ3n) is 5.50. The first-order chi connectivity index (χ1) is 16.8. The van der Waals surface area contributed by atoms with E-state index in [0.717, 1.165) is 27.3 Å². The zero-order valence-electron chi connectivity index (χ0n) is 20.7. The number of rotatable bonds is 9. The summed E-state index contributed by atoms with van der Waals surface area (Å²) >= 11 is 0. The highest BCUT2D eigenvalue weighted by molar-refractivity contribution is 7.92. The van der Waals surface area contributed by atoms with Crippen molar-refractivity contribution in [2.75, 3.05) is 34.3 Å². The van der Waals surface area contributed by atoms with Gasteiger partial charge in [-0.25, -0.2) is 16.8 Å². The molecule has 0 heterocycles. The molecular weight excluding hydrogens is 502 g/mol. The lowest BCUT2D eigenvalue weighted by molar-refractivity contribution is -0.114. The van der Waals surface area contributed by atoms with E-state index in [-0.39, 0.29) is 10.6 Å². The predicted octanol–water partition coefficient (Wildman–Crippen LogP) is 3.83. The number of hydrogen-bond acceptors (Lipinski definition) is 6. The van der Waals surface area contributed by atoms with Gasteiger partial charge in [0, 0.05) is 11.4 Å². The number of hydrogen-bond donors (Lipinski definition) is 2. The van der Waals surface area contributed by atoms with Crippen LogP contribution in [0.4, 0.5) is 17.1 Å². The first-order valence-electron chi connectivity index (χ1n) is 10.9. The normalized spacial score (nSPS) is 11.6. The molecule has 0 saturated heterocycles. The van der Waals surface area contributed by atoms with Crippen LogP contribution in [0.1, 0.15) is 16.7 Å². The van der Waals surface area contributed by atoms with E-state index in [1.807, 2.05) is 19.9 Å². The Morgan fingerprint density at radius 1 is 0.861 bits per heavy atom. The summed E-state index contributed by atoms with van der Waals surface area (Å²) in [5.74, 6) is -0.294. The fraction of sp³-hybridized carbons (Fsp3) is 0.240. The van der Waals surface area contributed by atoms with Gasteiger partial charge in [-0.15, -0.1) is 0 Å². The molecule has 0 unspecified atom stereocenters. The van der Waals surface area contributed by atoms with E-state index in [4.69, 9.17) is 4.74 Å². The second kappa shape index (κ2) is 10.6. The average molecular weight is 532 g/mol. The zero-order chi connectivity index (χ0) is 26.7. The van der Waals surface area contributed by atoms with Gasteiger partial charge in [0.1, 0.15) is 12.3 Å². The van der Waals surface area contributed by atoms with Crippen LogP contribution in [0.5, 0.6) is 5.75 Å². The van der Waals surface area contributed by atoms with Gasteiger partial charge in [0.25, 0.3) is 10.0 Å². The number of anilines is 3. The molecular formula is C25H29N3O6S2. The molecule has 0 aliphatic rings. The quantitative estimate of drug-likeness (QED) is 0.433.